The van der Waals surface area contributed by atoms with E-state index in [1.165, 1.54) is 23.5 Å². The molecule has 0 aliphatic carbocycles. The van der Waals surface area contributed by atoms with Crippen LogP contribution in [0.5, 0.6) is 0 Å². The van der Waals surface area contributed by atoms with E-state index in [-0.39, 0.29) is 11.2 Å². The summed E-state index contributed by atoms with van der Waals surface area (Å²) in [6, 6.07) is 13.0. The van der Waals surface area contributed by atoms with Gasteiger partial charge in [0.25, 0.3) is 5.03 Å². The van der Waals surface area contributed by atoms with E-state index in [1.807, 2.05) is 24.3 Å². The number of rotatable bonds is 5. The molecule has 1 aromatic heterocycles. The fourth-order valence-corrected chi connectivity index (χ4v) is 2.78. The molecule has 5 heteroatoms. The lowest BCUT2D eigenvalue weighted by Gasteiger charge is -2.12. The van der Waals surface area contributed by atoms with Gasteiger partial charge in [-0.05, 0) is 48.4 Å². The highest BCUT2D eigenvalue weighted by atomic mass is 32.2. The van der Waals surface area contributed by atoms with Crippen LogP contribution in [-0.2, 0) is 4.79 Å². The third kappa shape index (κ3) is 4.24. The van der Waals surface area contributed by atoms with Crippen LogP contribution in [0, 0.1) is 5.21 Å². The Balaban J connectivity index is 1.98. The summed E-state index contributed by atoms with van der Waals surface area (Å²) >= 11 is 1.24. The normalized spacial score (nSPS) is 12.2. The Hall–Kier alpha value is -2.01. The van der Waals surface area contributed by atoms with Gasteiger partial charge < -0.3 is 10.5 Å². The van der Waals surface area contributed by atoms with Crippen LogP contribution < -0.4 is 10.0 Å². The summed E-state index contributed by atoms with van der Waals surface area (Å²) in [7, 11) is 0. The van der Waals surface area contributed by atoms with Crippen LogP contribution >= 0.6 is 11.8 Å². The van der Waals surface area contributed by atoms with Crippen molar-refractivity contribution < 1.29 is 9.52 Å². The average Bonchev–Trinajstić information content (AvgIpc) is 2.50. The molecule has 1 heterocycles. The second-order valence-electron chi connectivity index (χ2n) is 5.39. The maximum Gasteiger partial charge on any atom is 0.252 e. The molecule has 1 atom stereocenters. The maximum absolute atomic E-state index is 12.2. The Morgan fingerprint density at radius 3 is 2.41 bits per heavy atom. The van der Waals surface area contributed by atoms with E-state index in [0.717, 1.165) is 10.4 Å². The zero-order valence-electron chi connectivity index (χ0n) is 12.9. The molecule has 116 valence electrons. The van der Waals surface area contributed by atoms with Gasteiger partial charge in [0.05, 0.1) is 5.25 Å². The molecule has 0 spiro atoms. The number of pyridine rings is 1. The Bertz CT molecular complexity index is 641. The number of hydrogen-bond donors (Lipinski definition) is 1. The van der Waals surface area contributed by atoms with Crippen molar-refractivity contribution in [3.8, 4) is 0 Å². The standard InChI is InChI=1S/C17H20N2O2S/c1-12(2)14-7-9-15(10-8-14)18-17(20)13(3)22-16-6-4-5-11-19(16)21/h4-13H,1-3H3,(H,18,20)/t13-/m0/s1. The first-order chi connectivity index (χ1) is 10.5. The molecule has 4 nitrogen and oxygen atoms in total. The van der Waals surface area contributed by atoms with E-state index in [9.17, 15) is 10.0 Å². The first-order valence-electron chi connectivity index (χ1n) is 7.23. The number of nitrogens with zero attached hydrogens (tertiary/aromatic N) is 1. The first kappa shape index (κ1) is 16.4. The highest BCUT2D eigenvalue weighted by Gasteiger charge is 2.18. The zero-order chi connectivity index (χ0) is 16.1. The minimum atomic E-state index is -0.354. The fourth-order valence-electron chi connectivity index (χ4n) is 1.93. The highest BCUT2D eigenvalue weighted by molar-refractivity contribution is 8.00. The minimum absolute atomic E-state index is 0.119. The highest BCUT2D eigenvalue weighted by Crippen LogP contribution is 2.22. The molecular weight excluding hydrogens is 296 g/mol. The van der Waals surface area contributed by atoms with E-state index >= 15 is 0 Å². The lowest BCUT2D eigenvalue weighted by atomic mass is 10.0. The van der Waals surface area contributed by atoms with Crippen LogP contribution in [0.4, 0.5) is 5.69 Å². The predicted molar refractivity (Wildman–Crippen MR) is 89.9 cm³/mol. The number of nitrogens with one attached hydrogen (secondary N) is 1. The quantitative estimate of drug-likeness (QED) is 0.521. The average molecular weight is 316 g/mol. The molecule has 0 aliphatic heterocycles. The van der Waals surface area contributed by atoms with E-state index in [1.54, 1.807) is 25.1 Å². The topological polar surface area (TPSA) is 56.0 Å². The number of anilines is 1. The molecule has 1 amide bonds. The van der Waals surface area contributed by atoms with Crippen molar-refractivity contribution in [2.45, 2.75) is 37.0 Å². The van der Waals surface area contributed by atoms with Gasteiger partial charge in [-0.3, -0.25) is 4.79 Å². The maximum atomic E-state index is 12.2. The van der Waals surface area contributed by atoms with Gasteiger partial charge in [-0.15, -0.1) is 0 Å². The Morgan fingerprint density at radius 2 is 1.82 bits per heavy atom. The van der Waals surface area contributed by atoms with Gasteiger partial charge in [0, 0.05) is 17.8 Å². The summed E-state index contributed by atoms with van der Waals surface area (Å²) in [6.07, 6.45) is 1.43. The predicted octanol–water partition coefficient (Wildman–Crippen LogP) is 3.56. The van der Waals surface area contributed by atoms with E-state index in [2.05, 4.69) is 19.2 Å². The SMILES string of the molecule is CC(C)c1ccc(NC(=O)[C@H](C)Sc2cccc[n+]2[O-])cc1. The lowest BCUT2D eigenvalue weighted by molar-refractivity contribution is -0.645. The van der Waals surface area contributed by atoms with Crippen molar-refractivity contribution >= 4 is 23.4 Å². The van der Waals surface area contributed by atoms with Gasteiger partial charge in [0.2, 0.25) is 5.91 Å². The summed E-state index contributed by atoms with van der Waals surface area (Å²) in [5, 5.41) is 14.6. The van der Waals surface area contributed by atoms with Crippen molar-refractivity contribution in [1.29, 1.82) is 0 Å². The van der Waals surface area contributed by atoms with Crippen molar-refractivity contribution in [1.82, 2.24) is 0 Å². The van der Waals surface area contributed by atoms with Crippen LogP contribution in [0.15, 0.2) is 53.7 Å². The molecule has 0 bridgehead atoms. The van der Waals surface area contributed by atoms with Crippen LogP contribution in [0.1, 0.15) is 32.3 Å². The molecule has 0 radical (unpaired) electrons. The zero-order valence-corrected chi connectivity index (χ0v) is 13.8. The van der Waals surface area contributed by atoms with Crippen molar-refractivity contribution in [2.75, 3.05) is 5.32 Å². The second-order valence-corrected chi connectivity index (χ2v) is 6.75. The van der Waals surface area contributed by atoms with E-state index in [0.29, 0.717) is 10.9 Å². The van der Waals surface area contributed by atoms with Gasteiger partial charge >= 0.3 is 0 Å². The summed E-state index contributed by atoms with van der Waals surface area (Å²) < 4.78 is 0.770. The van der Waals surface area contributed by atoms with E-state index < -0.39 is 0 Å². The second kappa shape index (κ2) is 7.31. The summed E-state index contributed by atoms with van der Waals surface area (Å²) in [5.74, 6) is 0.343. The lowest BCUT2D eigenvalue weighted by Crippen LogP contribution is -2.30. The molecule has 22 heavy (non-hydrogen) atoms. The first-order valence-corrected chi connectivity index (χ1v) is 8.11. The van der Waals surface area contributed by atoms with Gasteiger partial charge in [-0.1, -0.05) is 26.0 Å². The number of aromatic nitrogens is 1. The van der Waals surface area contributed by atoms with Crippen LogP contribution in [0.3, 0.4) is 0 Å². The molecule has 0 aliphatic rings. The largest absolute Gasteiger partial charge is 0.618 e. The molecule has 0 saturated carbocycles. The van der Waals surface area contributed by atoms with E-state index in [4.69, 9.17) is 0 Å². The molecular formula is C17H20N2O2S. The summed E-state index contributed by atoms with van der Waals surface area (Å²) in [5.41, 5.74) is 2.00. The minimum Gasteiger partial charge on any atom is -0.618 e. The molecule has 1 aromatic carbocycles. The number of thioether (sulfide) groups is 1. The fraction of sp³-hybridized carbons (Fsp3) is 0.294. The molecule has 0 saturated heterocycles. The van der Waals surface area contributed by atoms with Gasteiger partial charge in [0.15, 0.2) is 6.20 Å². The Kier molecular flexibility index (Phi) is 5.44. The van der Waals surface area contributed by atoms with Crippen molar-refractivity contribution in [2.24, 2.45) is 0 Å². The van der Waals surface area contributed by atoms with Gasteiger partial charge in [0.1, 0.15) is 0 Å². The van der Waals surface area contributed by atoms with Crippen LogP contribution in [0.2, 0.25) is 0 Å². The molecule has 0 fully saturated rings. The smallest absolute Gasteiger partial charge is 0.252 e. The number of carbonyl (C=O) groups excluding carboxylic acids is 1. The van der Waals surface area contributed by atoms with Gasteiger partial charge in [-0.25, -0.2) is 0 Å². The van der Waals surface area contributed by atoms with Crippen molar-refractivity contribution in [3.05, 3.63) is 59.4 Å². The van der Waals surface area contributed by atoms with Gasteiger partial charge in [-0.2, -0.15) is 4.73 Å². The van der Waals surface area contributed by atoms with Crippen LogP contribution in [-0.4, -0.2) is 11.2 Å². The molecule has 1 N–H and O–H groups in total. The monoisotopic (exact) mass is 316 g/mol. The molecule has 2 rings (SSSR count). The third-order valence-electron chi connectivity index (χ3n) is 3.30. The molecule has 0 unspecified atom stereocenters. The number of amides is 1. The third-order valence-corrected chi connectivity index (χ3v) is 4.43. The Labute approximate surface area is 135 Å². The summed E-state index contributed by atoms with van der Waals surface area (Å²) in [4.78, 5) is 12.2. The number of hydrogen-bond acceptors (Lipinski definition) is 3. The summed E-state index contributed by atoms with van der Waals surface area (Å²) in [6.45, 7) is 6.05. The number of carbonyl (C=O) groups is 1. The molecule has 2 aromatic rings. The number of benzene rings is 1. The van der Waals surface area contributed by atoms with Crippen LogP contribution in [0.25, 0.3) is 0 Å². The Morgan fingerprint density at radius 1 is 1.14 bits per heavy atom. The van der Waals surface area contributed by atoms with Crippen molar-refractivity contribution in [3.63, 3.8) is 0 Å².